The first-order chi connectivity index (χ1) is 12.4. The summed E-state index contributed by atoms with van der Waals surface area (Å²) in [6, 6.07) is 13.7. The molecule has 0 aliphatic carbocycles. The Morgan fingerprint density at radius 1 is 1.04 bits per heavy atom. The molecular formula is C21H23N3O2. The van der Waals surface area contributed by atoms with E-state index in [0.29, 0.717) is 5.69 Å². The van der Waals surface area contributed by atoms with Crippen molar-refractivity contribution in [3.63, 3.8) is 0 Å². The van der Waals surface area contributed by atoms with Crippen molar-refractivity contribution in [2.75, 3.05) is 5.32 Å². The van der Waals surface area contributed by atoms with Crippen LogP contribution in [-0.4, -0.2) is 15.7 Å². The fourth-order valence-corrected chi connectivity index (χ4v) is 2.74. The molecule has 26 heavy (non-hydrogen) atoms. The van der Waals surface area contributed by atoms with E-state index in [4.69, 9.17) is 4.74 Å². The molecule has 1 heterocycles. The third kappa shape index (κ3) is 3.94. The second kappa shape index (κ2) is 7.44. The average molecular weight is 349 g/mol. The second-order valence-electron chi connectivity index (χ2n) is 6.50. The number of carbonyl (C=O) groups excluding carboxylic acids is 1. The minimum absolute atomic E-state index is 0.229. The molecule has 0 aliphatic rings. The predicted molar refractivity (Wildman–Crippen MR) is 103 cm³/mol. The zero-order valence-electron chi connectivity index (χ0n) is 15.5. The maximum absolute atomic E-state index is 12.5. The van der Waals surface area contributed by atoms with E-state index in [0.717, 1.165) is 33.7 Å². The van der Waals surface area contributed by atoms with E-state index in [1.165, 1.54) is 0 Å². The standard InChI is InChI=1S/C21H23N3O2/c1-14-8-9-15(2)19(12-14)26-13-24-11-10-18(23-24)21(25)22-20-16(3)6-5-7-17(20)4/h5-12H,13H2,1-4H3,(H,22,25). The molecule has 0 spiro atoms. The number of benzene rings is 2. The Bertz CT molecular complexity index is 924. The van der Waals surface area contributed by atoms with Crippen LogP contribution < -0.4 is 10.1 Å². The molecule has 3 aromatic rings. The summed E-state index contributed by atoms with van der Waals surface area (Å²) in [5.74, 6) is 0.593. The van der Waals surface area contributed by atoms with Crippen LogP contribution in [0.25, 0.3) is 0 Å². The summed E-state index contributed by atoms with van der Waals surface area (Å²) in [5, 5.41) is 7.26. The number of carbonyl (C=O) groups is 1. The summed E-state index contributed by atoms with van der Waals surface area (Å²) in [6.07, 6.45) is 1.74. The van der Waals surface area contributed by atoms with Crippen LogP contribution in [0.2, 0.25) is 0 Å². The molecule has 0 bridgehead atoms. The molecule has 134 valence electrons. The van der Waals surface area contributed by atoms with Gasteiger partial charge in [-0.05, 0) is 62.1 Å². The van der Waals surface area contributed by atoms with Gasteiger partial charge in [0.2, 0.25) is 0 Å². The van der Waals surface area contributed by atoms with Crippen LogP contribution in [0.5, 0.6) is 5.75 Å². The maximum Gasteiger partial charge on any atom is 0.276 e. The average Bonchev–Trinajstić information content (AvgIpc) is 3.08. The van der Waals surface area contributed by atoms with Crippen LogP contribution >= 0.6 is 0 Å². The van der Waals surface area contributed by atoms with Gasteiger partial charge in [0.15, 0.2) is 12.4 Å². The smallest absolute Gasteiger partial charge is 0.276 e. The summed E-state index contributed by atoms with van der Waals surface area (Å²) < 4.78 is 7.43. The minimum atomic E-state index is -0.229. The first-order valence-electron chi connectivity index (χ1n) is 8.55. The largest absolute Gasteiger partial charge is 0.471 e. The van der Waals surface area contributed by atoms with Crippen molar-refractivity contribution in [2.24, 2.45) is 0 Å². The van der Waals surface area contributed by atoms with Crippen LogP contribution in [-0.2, 0) is 6.73 Å². The highest BCUT2D eigenvalue weighted by Gasteiger charge is 2.12. The second-order valence-corrected chi connectivity index (χ2v) is 6.50. The number of nitrogens with one attached hydrogen (secondary N) is 1. The molecule has 5 heteroatoms. The summed E-state index contributed by atoms with van der Waals surface area (Å²) in [6.45, 7) is 8.22. The van der Waals surface area contributed by atoms with Crippen molar-refractivity contribution in [1.82, 2.24) is 9.78 Å². The molecule has 1 N–H and O–H groups in total. The number of aryl methyl sites for hydroxylation is 4. The molecule has 1 aromatic heterocycles. The van der Waals surface area contributed by atoms with Gasteiger partial charge in [-0.15, -0.1) is 0 Å². The molecule has 2 aromatic carbocycles. The maximum atomic E-state index is 12.5. The van der Waals surface area contributed by atoms with E-state index in [1.807, 2.05) is 64.1 Å². The third-order valence-corrected chi connectivity index (χ3v) is 4.29. The van der Waals surface area contributed by atoms with Crippen LogP contribution in [0, 0.1) is 27.7 Å². The quantitative estimate of drug-likeness (QED) is 0.742. The third-order valence-electron chi connectivity index (χ3n) is 4.29. The lowest BCUT2D eigenvalue weighted by Gasteiger charge is -2.11. The molecule has 0 saturated carbocycles. The predicted octanol–water partition coefficient (Wildman–Crippen LogP) is 4.41. The normalized spacial score (nSPS) is 10.6. The van der Waals surface area contributed by atoms with Crippen LogP contribution in [0.4, 0.5) is 5.69 Å². The number of nitrogens with zero attached hydrogens (tertiary/aromatic N) is 2. The Balaban J connectivity index is 1.67. The molecule has 0 unspecified atom stereocenters. The number of anilines is 1. The summed E-state index contributed by atoms with van der Waals surface area (Å²) in [4.78, 5) is 12.5. The molecule has 1 amide bonds. The number of amides is 1. The molecule has 0 aliphatic heterocycles. The fourth-order valence-electron chi connectivity index (χ4n) is 2.74. The highest BCUT2D eigenvalue weighted by atomic mass is 16.5. The molecule has 5 nitrogen and oxygen atoms in total. The lowest BCUT2D eigenvalue weighted by molar-refractivity contribution is 0.102. The van der Waals surface area contributed by atoms with Gasteiger partial charge < -0.3 is 10.1 Å². The Kier molecular flexibility index (Phi) is 5.07. The number of hydrogen-bond donors (Lipinski definition) is 1. The Morgan fingerprint density at radius 3 is 2.50 bits per heavy atom. The molecule has 0 radical (unpaired) electrons. The van der Waals surface area contributed by atoms with E-state index in [-0.39, 0.29) is 12.6 Å². The molecule has 0 fully saturated rings. The SMILES string of the molecule is Cc1ccc(C)c(OCn2ccc(C(=O)Nc3c(C)cccc3C)n2)c1. The van der Waals surface area contributed by atoms with Gasteiger partial charge >= 0.3 is 0 Å². The molecule has 0 saturated heterocycles. The zero-order chi connectivity index (χ0) is 18.7. The topological polar surface area (TPSA) is 56.1 Å². The number of rotatable bonds is 5. The molecular weight excluding hydrogens is 326 g/mol. The number of aromatic nitrogens is 2. The van der Waals surface area contributed by atoms with Crippen molar-refractivity contribution >= 4 is 11.6 Å². The van der Waals surface area contributed by atoms with Gasteiger partial charge in [0.25, 0.3) is 5.91 Å². The highest BCUT2D eigenvalue weighted by molar-refractivity contribution is 6.03. The van der Waals surface area contributed by atoms with Gasteiger partial charge in [0, 0.05) is 11.9 Å². The van der Waals surface area contributed by atoms with Gasteiger partial charge in [-0.25, -0.2) is 4.68 Å². The van der Waals surface area contributed by atoms with Gasteiger partial charge in [-0.2, -0.15) is 5.10 Å². The lowest BCUT2D eigenvalue weighted by Crippen LogP contribution is -2.15. The Labute approximate surface area is 153 Å². The van der Waals surface area contributed by atoms with Gasteiger partial charge in [0.05, 0.1) is 0 Å². The number of para-hydroxylation sites is 1. The van der Waals surface area contributed by atoms with Gasteiger partial charge in [0.1, 0.15) is 5.75 Å². The van der Waals surface area contributed by atoms with Gasteiger partial charge in [-0.1, -0.05) is 30.3 Å². The Hall–Kier alpha value is -3.08. The van der Waals surface area contributed by atoms with Crippen LogP contribution in [0.1, 0.15) is 32.7 Å². The van der Waals surface area contributed by atoms with E-state index in [1.54, 1.807) is 16.9 Å². The van der Waals surface area contributed by atoms with E-state index in [2.05, 4.69) is 10.4 Å². The summed E-state index contributed by atoms with van der Waals surface area (Å²) >= 11 is 0. The Morgan fingerprint density at radius 2 is 1.77 bits per heavy atom. The van der Waals surface area contributed by atoms with Crippen LogP contribution in [0.15, 0.2) is 48.7 Å². The monoisotopic (exact) mass is 349 g/mol. The molecule has 0 atom stereocenters. The van der Waals surface area contributed by atoms with Crippen molar-refractivity contribution in [2.45, 2.75) is 34.4 Å². The summed E-state index contributed by atoms with van der Waals surface area (Å²) in [7, 11) is 0. The number of ether oxygens (including phenoxy) is 1. The minimum Gasteiger partial charge on any atom is -0.471 e. The zero-order valence-corrected chi connectivity index (χ0v) is 15.5. The van der Waals surface area contributed by atoms with Crippen LogP contribution in [0.3, 0.4) is 0 Å². The first-order valence-corrected chi connectivity index (χ1v) is 8.55. The van der Waals surface area contributed by atoms with E-state index in [9.17, 15) is 4.79 Å². The van der Waals surface area contributed by atoms with Crippen molar-refractivity contribution in [3.8, 4) is 5.75 Å². The highest BCUT2D eigenvalue weighted by Crippen LogP contribution is 2.21. The van der Waals surface area contributed by atoms with E-state index < -0.39 is 0 Å². The molecule has 3 rings (SSSR count). The summed E-state index contributed by atoms with van der Waals surface area (Å²) in [5.41, 5.74) is 5.44. The fraction of sp³-hybridized carbons (Fsp3) is 0.238. The lowest BCUT2D eigenvalue weighted by atomic mass is 10.1. The van der Waals surface area contributed by atoms with Crippen molar-refractivity contribution in [3.05, 3.63) is 76.6 Å². The first kappa shape index (κ1) is 17.7. The van der Waals surface area contributed by atoms with Gasteiger partial charge in [-0.3, -0.25) is 4.79 Å². The van der Waals surface area contributed by atoms with Crippen molar-refractivity contribution < 1.29 is 9.53 Å². The number of hydrogen-bond acceptors (Lipinski definition) is 3. The van der Waals surface area contributed by atoms with Crippen molar-refractivity contribution in [1.29, 1.82) is 0 Å². The van der Waals surface area contributed by atoms with E-state index >= 15 is 0 Å².